The van der Waals surface area contributed by atoms with Crippen LogP contribution < -0.4 is 10.5 Å². The van der Waals surface area contributed by atoms with Gasteiger partial charge in [0, 0.05) is 43.7 Å². The maximum Gasteiger partial charge on any atom is 0.248 e. The van der Waals surface area contributed by atoms with E-state index in [1.165, 1.54) is 6.26 Å². The molecule has 146 valence electrons. The summed E-state index contributed by atoms with van der Waals surface area (Å²) in [4.78, 5) is 13.6. The molecule has 0 saturated carbocycles. The molecule has 1 aliphatic rings. The Morgan fingerprint density at radius 1 is 1.37 bits per heavy atom. The van der Waals surface area contributed by atoms with Crippen LogP contribution in [0.15, 0.2) is 30.5 Å². The highest BCUT2D eigenvalue weighted by Crippen LogP contribution is 2.30. The van der Waals surface area contributed by atoms with Gasteiger partial charge < -0.3 is 10.5 Å². The molecule has 1 saturated heterocycles. The van der Waals surface area contributed by atoms with E-state index in [-0.39, 0.29) is 5.25 Å². The average Bonchev–Trinajstić information content (AvgIpc) is 3.24. The Balaban J connectivity index is 1.70. The van der Waals surface area contributed by atoms with Gasteiger partial charge in [-0.1, -0.05) is 0 Å². The van der Waals surface area contributed by atoms with E-state index in [0.717, 1.165) is 17.8 Å². The fourth-order valence-corrected chi connectivity index (χ4v) is 4.30. The van der Waals surface area contributed by atoms with Gasteiger partial charge in [-0.2, -0.15) is 5.10 Å². The Labute approximate surface area is 158 Å². The Bertz CT molecular complexity index is 939. The first-order valence-electron chi connectivity index (χ1n) is 8.72. The zero-order chi connectivity index (χ0) is 19.6. The zero-order valence-electron chi connectivity index (χ0n) is 15.5. The molecule has 2 aromatic rings. The molecular formula is C18H24N4O4S. The summed E-state index contributed by atoms with van der Waals surface area (Å²) in [6.07, 6.45) is 3.62. The van der Waals surface area contributed by atoms with Crippen LogP contribution in [0.5, 0.6) is 5.75 Å². The van der Waals surface area contributed by atoms with Crippen molar-refractivity contribution < 1.29 is 17.9 Å². The molecule has 1 fully saturated rings. The number of rotatable bonds is 7. The molecule has 8 nitrogen and oxygen atoms in total. The molecule has 1 amide bonds. The molecule has 0 bridgehead atoms. The van der Waals surface area contributed by atoms with E-state index < -0.39 is 15.7 Å². The normalized spacial score (nSPS) is 17.9. The SMILES string of the molecule is Cn1nccc1-c1cc(C(N)=O)ccc1OCCN1CCC(S(C)(=O)=O)C1. The smallest absolute Gasteiger partial charge is 0.248 e. The topological polar surface area (TPSA) is 108 Å². The van der Waals surface area contributed by atoms with E-state index in [1.54, 1.807) is 29.1 Å². The van der Waals surface area contributed by atoms with E-state index in [4.69, 9.17) is 10.5 Å². The summed E-state index contributed by atoms with van der Waals surface area (Å²) in [6, 6.07) is 6.90. The van der Waals surface area contributed by atoms with Crippen LogP contribution in [0.3, 0.4) is 0 Å². The highest BCUT2D eigenvalue weighted by Gasteiger charge is 2.29. The molecule has 2 heterocycles. The predicted molar refractivity (Wildman–Crippen MR) is 102 cm³/mol. The van der Waals surface area contributed by atoms with Crippen LogP contribution in [0, 0.1) is 0 Å². The van der Waals surface area contributed by atoms with Gasteiger partial charge in [0.1, 0.15) is 12.4 Å². The van der Waals surface area contributed by atoms with E-state index in [2.05, 4.69) is 10.00 Å². The Morgan fingerprint density at radius 3 is 2.74 bits per heavy atom. The van der Waals surface area contributed by atoms with Gasteiger partial charge in [-0.05, 0) is 37.2 Å². The molecule has 9 heteroatoms. The first kappa shape index (κ1) is 19.4. The van der Waals surface area contributed by atoms with Gasteiger partial charge in [0.2, 0.25) is 5.91 Å². The number of aryl methyl sites for hydroxylation is 1. The second-order valence-electron chi connectivity index (χ2n) is 6.80. The number of primary amides is 1. The van der Waals surface area contributed by atoms with Gasteiger partial charge in [-0.25, -0.2) is 8.42 Å². The number of benzene rings is 1. The van der Waals surface area contributed by atoms with Gasteiger partial charge in [0.05, 0.1) is 10.9 Å². The van der Waals surface area contributed by atoms with Crippen LogP contribution in [-0.4, -0.2) is 66.8 Å². The molecule has 1 unspecified atom stereocenters. The van der Waals surface area contributed by atoms with Crippen molar-refractivity contribution in [3.63, 3.8) is 0 Å². The standard InChI is InChI=1S/C18H24N4O4S/c1-21-16(5-7-20-21)15-11-13(18(19)23)3-4-17(15)26-10-9-22-8-6-14(12-22)27(2,24)25/h3-5,7,11,14H,6,8-10,12H2,1-2H3,(H2,19,23). The Hall–Kier alpha value is -2.39. The van der Waals surface area contributed by atoms with Crippen molar-refractivity contribution in [2.24, 2.45) is 12.8 Å². The third kappa shape index (κ3) is 4.48. The first-order chi connectivity index (χ1) is 12.8. The molecule has 1 aromatic carbocycles. The Kier molecular flexibility index (Phi) is 5.52. The van der Waals surface area contributed by atoms with Crippen molar-refractivity contribution in [1.29, 1.82) is 0 Å². The van der Waals surface area contributed by atoms with Crippen LogP contribution in [0.4, 0.5) is 0 Å². The molecular weight excluding hydrogens is 368 g/mol. The second kappa shape index (κ2) is 7.69. The van der Waals surface area contributed by atoms with E-state index >= 15 is 0 Å². The number of sulfone groups is 1. The number of likely N-dealkylation sites (tertiary alicyclic amines) is 1. The maximum absolute atomic E-state index is 11.7. The molecule has 1 atom stereocenters. The van der Waals surface area contributed by atoms with Crippen molar-refractivity contribution in [3.8, 4) is 17.0 Å². The summed E-state index contributed by atoms with van der Waals surface area (Å²) in [5.41, 5.74) is 7.34. The number of aromatic nitrogens is 2. The number of carbonyl (C=O) groups excluding carboxylic acids is 1. The summed E-state index contributed by atoms with van der Waals surface area (Å²) in [5, 5.41) is 3.87. The molecule has 1 aromatic heterocycles. The van der Waals surface area contributed by atoms with E-state index in [9.17, 15) is 13.2 Å². The number of nitrogens with zero attached hydrogens (tertiary/aromatic N) is 3. The van der Waals surface area contributed by atoms with Crippen LogP contribution in [0.1, 0.15) is 16.8 Å². The highest BCUT2D eigenvalue weighted by atomic mass is 32.2. The minimum atomic E-state index is -3.00. The van der Waals surface area contributed by atoms with Crippen molar-refractivity contribution in [2.45, 2.75) is 11.7 Å². The lowest BCUT2D eigenvalue weighted by atomic mass is 10.1. The summed E-state index contributed by atoms with van der Waals surface area (Å²) < 4.78 is 31.0. The Morgan fingerprint density at radius 2 is 2.15 bits per heavy atom. The number of carbonyl (C=O) groups is 1. The number of hydrogen-bond acceptors (Lipinski definition) is 6. The second-order valence-corrected chi connectivity index (χ2v) is 9.13. The van der Waals surface area contributed by atoms with Gasteiger partial charge >= 0.3 is 0 Å². The van der Waals surface area contributed by atoms with E-state index in [0.29, 0.717) is 37.4 Å². The van der Waals surface area contributed by atoms with Crippen molar-refractivity contribution in [3.05, 3.63) is 36.0 Å². The van der Waals surface area contributed by atoms with Gasteiger partial charge in [-0.15, -0.1) is 0 Å². The molecule has 0 aliphatic carbocycles. The highest BCUT2D eigenvalue weighted by molar-refractivity contribution is 7.91. The quantitative estimate of drug-likeness (QED) is 0.743. The number of hydrogen-bond donors (Lipinski definition) is 1. The third-order valence-corrected chi connectivity index (χ3v) is 6.46. The van der Waals surface area contributed by atoms with Crippen LogP contribution >= 0.6 is 0 Å². The zero-order valence-corrected chi connectivity index (χ0v) is 16.3. The largest absolute Gasteiger partial charge is 0.492 e. The van der Waals surface area contributed by atoms with Crippen molar-refractivity contribution in [1.82, 2.24) is 14.7 Å². The molecule has 27 heavy (non-hydrogen) atoms. The molecule has 0 spiro atoms. The third-order valence-electron chi connectivity index (χ3n) is 4.86. The fraction of sp³-hybridized carbons (Fsp3) is 0.444. The number of amides is 1. The lowest BCUT2D eigenvalue weighted by Gasteiger charge is -2.17. The summed E-state index contributed by atoms with van der Waals surface area (Å²) in [5.74, 6) is 0.122. The van der Waals surface area contributed by atoms with Crippen LogP contribution in [-0.2, 0) is 16.9 Å². The number of ether oxygens (including phenoxy) is 1. The summed E-state index contributed by atoms with van der Waals surface area (Å²) in [7, 11) is -1.19. The monoisotopic (exact) mass is 392 g/mol. The molecule has 3 rings (SSSR count). The average molecular weight is 392 g/mol. The fourth-order valence-electron chi connectivity index (χ4n) is 3.28. The van der Waals surface area contributed by atoms with Crippen molar-refractivity contribution in [2.75, 3.05) is 32.5 Å². The van der Waals surface area contributed by atoms with E-state index in [1.807, 2.05) is 13.1 Å². The van der Waals surface area contributed by atoms with Crippen LogP contribution in [0.25, 0.3) is 11.3 Å². The lowest BCUT2D eigenvalue weighted by molar-refractivity contribution is 0.1000. The minimum Gasteiger partial charge on any atom is -0.492 e. The van der Waals surface area contributed by atoms with Gasteiger partial charge in [-0.3, -0.25) is 14.4 Å². The predicted octanol–water partition coefficient (Wildman–Crippen LogP) is 0.684. The van der Waals surface area contributed by atoms with Crippen molar-refractivity contribution >= 4 is 15.7 Å². The summed E-state index contributed by atoms with van der Waals surface area (Å²) >= 11 is 0. The van der Waals surface area contributed by atoms with Crippen LogP contribution in [0.2, 0.25) is 0 Å². The molecule has 2 N–H and O–H groups in total. The van der Waals surface area contributed by atoms with Gasteiger partial charge in [0.15, 0.2) is 9.84 Å². The summed E-state index contributed by atoms with van der Waals surface area (Å²) in [6.45, 7) is 2.33. The molecule has 0 radical (unpaired) electrons. The molecule has 1 aliphatic heterocycles. The lowest BCUT2D eigenvalue weighted by Crippen LogP contribution is -2.29. The number of nitrogens with two attached hydrogens (primary N) is 1. The maximum atomic E-state index is 11.7. The minimum absolute atomic E-state index is 0.294. The van der Waals surface area contributed by atoms with Gasteiger partial charge in [0.25, 0.3) is 0 Å². The first-order valence-corrected chi connectivity index (χ1v) is 10.7.